The summed E-state index contributed by atoms with van der Waals surface area (Å²) in [5.41, 5.74) is 0.459. The zero-order valence-electron chi connectivity index (χ0n) is 9.21. The second-order valence-electron chi connectivity index (χ2n) is 3.95. The van der Waals surface area contributed by atoms with Crippen molar-refractivity contribution in [2.45, 2.75) is 25.6 Å². The van der Waals surface area contributed by atoms with E-state index in [1.54, 1.807) is 6.07 Å². The van der Waals surface area contributed by atoms with Gasteiger partial charge >= 0.3 is 6.18 Å². The van der Waals surface area contributed by atoms with Gasteiger partial charge in [-0.25, -0.2) is 0 Å². The fourth-order valence-electron chi connectivity index (χ4n) is 1.77. The Morgan fingerprint density at radius 3 is 2.72 bits per heavy atom. The topological polar surface area (TPSA) is 38.1 Å². The number of phenols is 1. The minimum atomic E-state index is -4.16. The Labute approximate surface area is 109 Å². The molecule has 2 rings (SSSR count). The summed E-state index contributed by atoms with van der Waals surface area (Å²) in [7, 11) is 0. The van der Waals surface area contributed by atoms with Crippen LogP contribution in [0.2, 0.25) is 0 Å². The van der Waals surface area contributed by atoms with Crippen LogP contribution in [0.5, 0.6) is 5.75 Å². The molecule has 0 aliphatic rings. The molecule has 0 atom stereocenters. The molecule has 7 heteroatoms. The van der Waals surface area contributed by atoms with Crippen molar-refractivity contribution < 1.29 is 18.3 Å². The number of fused-ring (bicyclic) bond motifs is 1. The third-order valence-electron chi connectivity index (χ3n) is 2.51. The Kier molecular flexibility index (Phi) is 3.52. The number of aromatic nitrogens is 2. The summed E-state index contributed by atoms with van der Waals surface area (Å²) in [6.07, 6.45) is -3.55. The van der Waals surface area contributed by atoms with Crippen LogP contribution in [0.3, 0.4) is 0 Å². The van der Waals surface area contributed by atoms with Crippen LogP contribution in [0.25, 0.3) is 10.9 Å². The molecule has 0 spiro atoms. The smallest absolute Gasteiger partial charge is 0.389 e. The van der Waals surface area contributed by atoms with E-state index >= 15 is 0 Å². The van der Waals surface area contributed by atoms with Gasteiger partial charge in [0.2, 0.25) is 0 Å². The summed E-state index contributed by atoms with van der Waals surface area (Å²) < 4.78 is 38.2. The highest BCUT2D eigenvalue weighted by atomic mass is 79.9. The maximum absolute atomic E-state index is 12.0. The van der Waals surface area contributed by atoms with E-state index < -0.39 is 12.6 Å². The predicted octanol–water partition coefficient (Wildman–Crippen LogP) is 3.85. The second-order valence-corrected chi connectivity index (χ2v) is 4.86. The van der Waals surface area contributed by atoms with Crippen LogP contribution in [0.1, 0.15) is 12.8 Å². The van der Waals surface area contributed by atoms with Crippen molar-refractivity contribution >= 4 is 26.8 Å². The molecule has 1 N–H and O–H groups in total. The fraction of sp³-hybridized carbons (Fsp3) is 0.364. The summed E-state index contributed by atoms with van der Waals surface area (Å²) >= 11 is 3.23. The van der Waals surface area contributed by atoms with Crippen LogP contribution in [0.15, 0.2) is 22.8 Å². The van der Waals surface area contributed by atoms with Crippen LogP contribution in [-0.4, -0.2) is 21.1 Å². The first-order valence-corrected chi connectivity index (χ1v) is 6.07. The highest BCUT2D eigenvalue weighted by Gasteiger charge is 2.26. The van der Waals surface area contributed by atoms with E-state index in [-0.39, 0.29) is 18.7 Å². The number of nitrogens with zero attached hydrogens (tertiary/aromatic N) is 2. The van der Waals surface area contributed by atoms with Crippen LogP contribution in [0, 0.1) is 0 Å². The summed E-state index contributed by atoms with van der Waals surface area (Å²) in [6.45, 7) is 0.123. The van der Waals surface area contributed by atoms with Crippen molar-refractivity contribution in [1.82, 2.24) is 9.78 Å². The molecular weight excluding hydrogens is 313 g/mol. The van der Waals surface area contributed by atoms with Gasteiger partial charge in [-0.05, 0) is 18.6 Å². The second kappa shape index (κ2) is 4.79. The number of hydrogen-bond donors (Lipinski definition) is 1. The molecule has 1 aromatic carbocycles. The van der Waals surface area contributed by atoms with E-state index in [0.29, 0.717) is 15.4 Å². The minimum Gasteiger partial charge on any atom is -0.506 e. The summed E-state index contributed by atoms with van der Waals surface area (Å²) in [5, 5.41) is 14.4. The number of aryl methyl sites for hydroxylation is 1. The van der Waals surface area contributed by atoms with Gasteiger partial charge in [0.1, 0.15) is 11.3 Å². The molecule has 1 aromatic heterocycles. The predicted molar refractivity (Wildman–Crippen MR) is 64.4 cm³/mol. The normalized spacial score (nSPS) is 12.2. The number of phenolic OH excluding ortho intramolecular Hbond substituents is 1. The van der Waals surface area contributed by atoms with Crippen molar-refractivity contribution in [2.24, 2.45) is 0 Å². The Morgan fingerprint density at radius 2 is 2.06 bits per heavy atom. The molecular formula is C11H10BrF3N2O. The minimum absolute atomic E-state index is 0.00360. The van der Waals surface area contributed by atoms with E-state index in [0.717, 1.165) is 0 Å². The number of hydrogen-bond acceptors (Lipinski definition) is 2. The van der Waals surface area contributed by atoms with Crippen molar-refractivity contribution in [3.05, 3.63) is 22.8 Å². The van der Waals surface area contributed by atoms with Gasteiger partial charge < -0.3 is 5.11 Å². The standard InChI is InChI=1S/C11H10BrF3N2O/c12-8-4-7-6-16-17(10(7)9(18)5-8)3-1-2-11(13,14)15/h4-6,18H,1-3H2. The van der Waals surface area contributed by atoms with E-state index in [9.17, 15) is 18.3 Å². The first-order chi connectivity index (χ1) is 8.37. The van der Waals surface area contributed by atoms with Gasteiger partial charge in [0.25, 0.3) is 0 Å². The van der Waals surface area contributed by atoms with Gasteiger partial charge in [-0.1, -0.05) is 15.9 Å². The van der Waals surface area contributed by atoms with Gasteiger partial charge in [-0.2, -0.15) is 18.3 Å². The Bertz CT molecular complexity index is 565. The lowest BCUT2D eigenvalue weighted by molar-refractivity contribution is -0.135. The molecule has 0 saturated heterocycles. The molecule has 18 heavy (non-hydrogen) atoms. The maximum atomic E-state index is 12.0. The zero-order chi connectivity index (χ0) is 13.3. The summed E-state index contributed by atoms with van der Waals surface area (Å²) in [5.74, 6) is 0.00360. The van der Waals surface area contributed by atoms with Gasteiger partial charge in [-0.15, -0.1) is 0 Å². The molecule has 98 valence electrons. The van der Waals surface area contributed by atoms with Crippen molar-refractivity contribution in [2.75, 3.05) is 0 Å². The number of rotatable bonds is 3. The van der Waals surface area contributed by atoms with Crippen molar-refractivity contribution in [3.8, 4) is 5.75 Å². The largest absolute Gasteiger partial charge is 0.506 e. The zero-order valence-corrected chi connectivity index (χ0v) is 10.8. The highest BCUT2D eigenvalue weighted by molar-refractivity contribution is 9.10. The molecule has 3 nitrogen and oxygen atoms in total. The Balaban J connectivity index is 2.19. The lowest BCUT2D eigenvalue weighted by atomic mass is 10.2. The van der Waals surface area contributed by atoms with Crippen LogP contribution >= 0.6 is 15.9 Å². The lowest BCUT2D eigenvalue weighted by Gasteiger charge is -2.07. The maximum Gasteiger partial charge on any atom is 0.389 e. The molecule has 0 bridgehead atoms. The van der Waals surface area contributed by atoms with Crippen LogP contribution in [-0.2, 0) is 6.54 Å². The summed E-state index contributed by atoms with van der Waals surface area (Å²) in [6, 6.07) is 3.24. The van der Waals surface area contributed by atoms with Gasteiger partial charge in [0, 0.05) is 22.8 Å². The third kappa shape index (κ3) is 2.95. The first kappa shape index (κ1) is 13.2. The molecule has 0 unspecified atom stereocenters. The lowest BCUT2D eigenvalue weighted by Crippen LogP contribution is -2.09. The number of aromatic hydroxyl groups is 1. The van der Waals surface area contributed by atoms with Crippen molar-refractivity contribution in [1.29, 1.82) is 0 Å². The summed E-state index contributed by atoms with van der Waals surface area (Å²) in [4.78, 5) is 0. The van der Waals surface area contributed by atoms with E-state index in [1.807, 2.05) is 0 Å². The van der Waals surface area contributed by atoms with E-state index in [1.165, 1.54) is 16.9 Å². The Morgan fingerprint density at radius 1 is 1.33 bits per heavy atom. The van der Waals surface area contributed by atoms with Crippen LogP contribution in [0.4, 0.5) is 13.2 Å². The van der Waals surface area contributed by atoms with Crippen LogP contribution < -0.4 is 0 Å². The Hall–Kier alpha value is -1.24. The van der Waals surface area contributed by atoms with E-state index in [2.05, 4.69) is 21.0 Å². The SMILES string of the molecule is Oc1cc(Br)cc2cnn(CCCC(F)(F)F)c12. The van der Waals surface area contributed by atoms with Gasteiger partial charge in [-0.3, -0.25) is 4.68 Å². The monoisotopic (exact) mass is 322 g/mol. The molecule has 0 saturated carbocycles. The van der Waals surface area contributed by atoms with Gasteiger partial charge in [0.15, 0.2) is 0 Å². The fourth-order valence-corrected chi connectivity index (χ4v) is 2.24. The molecule has 0 aliphatic heterocycles. The highest BCUT2D eigenvalue weighted by Crippen LogP contribution is 2.29. The number of halogens is 4. The molecule has 2 aromatic rings. The van der Waals surface area contributed by atoms with Crippen molar-refractivity contribution in [3.63, 3.8) is 0 Å². The molecule has 0 radical (unpaired) electrons. The number of benzene rings is 1. The van der Waals surface area contributed by atoms with Gasteiger partial charge in [0.05, 0.1) is 6.20 Å². The molecule has 0 amide bonds. The molecule has 0 fully saturated rings. The average molecular weight is 323 g/mol. The first-order valence-electron chi connectivity index (χ1n) is 5.27. The molecule has 0 aliphatic carbocycles. The van der Waals surface area contributed by atoms with E-state index in [4.69, 9.17) is 0 Å². The quantitative estimate of drug-likeness (QED) is 0.932. The third-order valence-corrected chi connectivity index (χ3v) is 2.97. The number of alkyl halides is 3. The molecule has 1 heterocycles. The average Bonchev–Trinajstić information content (AvgIpc) is 2.59.